The predicted molar refractivity (Wildman–Crippen MR) is 102 cm³/mol. The monoisotopic (exact) mass is 410 g/mol. The summed E-state index contributed by atoms with van der Waals surface area (Å²) in [7, 11) is 0.881. The molecule has 1 aromatic heterocycles. The minimum Gasteiger partial charge on any atom is -0.467 e. The first-order valence-electron chi connectivity index (χ1n) is 9.82. The van der Waals surface area contributed by atoms with E-state index < -0.39 is 23.6 Å². The molecule has 1 heterocycles. The number of aromatic amines is 1. The number of rotatable bonds is 6. The van der Waals surface area contributed by atoms with Crippen LogP contribution in [-0.4, -0.2) is 30.1 Å². The maximum atomic E-state index is 14.3. The molecule has 2 N–H and O–H groups in total. The quantitative estimate of drug-likeness (QED) is 0.685. The van der Waals surface area contributed by atoms with Crippen molar-refractivity contribution in [1.82, 2.24) is 10.3 Å². The van der Waals surface area contributed by atoms with E-state index in [2.05, 4.69) is 9.72 Å². The van der Waals surface area contributed by atoms with Gasteiger partial charge in [-0.3, -0.25) is 4.79 Å². The summed E-state index contributed by atoms with van der Waals surface area (Å²) in [6, 6.07) is 6.31. The van der Waals surface area contributed by atoms with Gasteiger partial charge in [0, 0.05) is 29.1 Å². The first kappa shape index (κ1) is 21.2. The van der Waals surface area contributed by atoms with E-state index in [1.807, 2.05) is 5.32 Å². The zero-order valence-corrected chi connectivity index (χ0v) is 16.3. The highest BCUT2D eigenvalue weighted by atomic mass is 19.4. The Morgan fingerprint density at radius 2 is 1.86 bits per heavy atom. The molecule has 1 aliphatic carbocycles. The van der Waals surface area contributed by atoms with Crippen molar-refractivity contribution in [2.75, 3.05) is 7.11 Å². The first-order chi connectivity index (χ1) is 13.8. The summed E-state index contributed by atoms with van der Waals surface area (Å²) in [5, 5.41) is 2.19. The van der Waals surface area contributed by atoms with Crippen molar-refractivity contribution in [2.24, 2.45) is 5.92 Å². The summed E-state index contributed by atoms with van der Waals surface area (Å²) in [6.45, 7) is 0. The molecule has 1 fully saturated rings. The Morgan fingerprint density at radius 1 is 1.17 bits per heavy atom. The minimum absolute atomic E-state index is 0.0676. The Labute approximate surface area is 167 Å². The molecule has 1 atom stereocenters. The summed E-state index contributed by atoms with van der Waals surface area (Å²) in [4.78, 5) is 27.8. The van der Waals surface area contributed by atoms with Crippen molar-refractivity contribution >= 4 is 22.8 Å². The third kappa shape index (κ3) is 4.11. The number of nitrogens with one attached hydrogen (secondary N) is 2. The molecule has 2 aromatic rings. The molecule has 3 rings (SSSR count). The normalized spacial score (nSPS) is 17.7. The van der Waals surface area contributed by atoms with E-state index in [0.717, 1.165) is 45.4 Å². The average Bonchev–Trinajstić information content (AvgIpc) is 3.14. The lowest BCUT2D eigenvalue weighted by Gasteiger charge is -2.34. The van der Waals surface area contributed by atoms with Crippen molar-refractivity contribution in [3.05, 3.63) is 36.0 Å². The number of fused-ring (bicyclic) bond motifs is 1. The molecule has 0 aliphatic heterocycles. The Kier molecular flexibility index (Phi) is 6.19. The van der Waals surface area contributed by atoms with E-state index in [-0.39, 0.29) is 17.4 Å². The number of halogens is 3. The van der Waals surface area contributed by atoms with E-state index in [4.69, 9.17) is 0 Å². The predicted octanol–water partition coefficient (Wildman–Crippen LogP) is 4.58. The summed E-state index contributed by atoms with van der Waals surface area (Å²) in [5.41, 5.74) is -3.22. The van der Waals surface area contributed by atoms with E-state index in [0.29, 0.717) is 17.9 Å². The SMILES string of the molecule is COC(=O)[C@@](NC(=O)CCC1CCCCC1)(c1c[nH]c2ccccc12)C(F)(F)F. The number of amides is 1. The molecule has 1 aromatic carbocycles. The van der Waals surface area contributed by atoms with Crippen LogP contribution in [0.15, 0.2) is 30.5 Å². The standard InChI is InChI=1S/C21H25F3N2O3/c1-29-19(28)20(21(22,23)24,16-13-25-17-10-6-5-9-15(16)17)26-18(27)12-11-14-7-3-2-4-8-14/h5-6,9-10,13-14,25H,2-4,7-8,11-12H2,1H3,(H,26,27)/t20-/m0/s1. The van der Waals surface area contributed by atoms with E-state index in [1.165, 1.54) is 6.07 Å². The Hall–Kier alpha value is -2.51. The van der Waals surface area contributed by atoms with Crippen LogP contribution >= 0.6 is 0 Å². The largest absolute Gasteiger partial charge is 0.467 e. The Balaban J connectivity index is 1.94. The highest BCUT2D eigenvalue weighted by Crippen LogP contribution is 2.43. The van der Waals surface area contributed by atoms with Gasteiger partial charge >= 0.3 is 12.1 Å². The second-order valence-corrected chi connectivity index (χ2v) is 7.58. The number of H-pyrrole nitrogens is 1. The van der Waals surface area contributed by atoms with Crippen LogP contribution in [0.3, 0.4) is 0 Å². The second kappa shape index (κ2) is 8.47. The van der Waals surface area contributed by atoms with Crippen LogP contribution in [0.4, 0.5) is 13.2 Å². The average molecular weight is 410 g/mol. The molecule has 1 saturated carbocycles. The van der Waals surface area contributed by atoms with Crippen LogP contribution in [0.25, 0.3) is 10.9 Å². The summed E-state index contributed by atoms with van der Waals surface area (Å²) in [6.07, 6.45) is 1.74. The van der Waals surface area contributed by atoms with Crippen molar-refractivity contribution in [2.45, 2.75) is 56.7 Å². The Morgan fingerprint density at radius 3 is 2.52 bits per heavy atom. The molecule has 0 saturated heterocycles. The number of carbonyl (C=O) groups is 2. The Bertz CT molecular complexity index is 871. The number of aromatic nitrogens is 1. The number of benzene rings is 1. The molecular weight excluding hydrogens is 385 g/mol. The summed E-state index contributed by atoms with van der Waals surface area (Å²) in [5.74, 6) is -2.05. The van der Waals surface area contributed by atoms with Gasteiger partial charge in [0.2, 0.25) is 5.91 Å². The van der Waals surface area contributed by atoms with Gasteiger partial charge in [-0.2, -0.15) is 13.2 Å². The van der Waals surface area contributed by atoms with Crippen molar-refractivity contribution in [3.63, 3.8) is 0 Å². The lowest BCUT2D eigenvalue weighted by molar-refractivity contribution is -0.216. The summed E-state index contributed by atoms with van der Waals surface area (Å²) < 4.78 is 47.5. The number of ether oxygens (including phenoxy) is 1. The fourth-order valence-corrected chi connectivity index (χ4v) is 4.19. The number of esters is 1. The van der Waals surface area contributed by atoms with Gasteiger partial charge in [0.15, 0.2) is 0 Å². The summed E-state index contributed by atoms with van der Waals surface area (Å²) >= 11 is 0. The van der Waals surface area contributed by atoms with Crippen LogP contribution in [0, 0.1) is 5.92 Å². The van der Waals surface area contributed by atoms with Crippen molar-refractivity contribution < 1.29 is 27.5 Å². The third-order valence-corrected chi connectivity index (χ3v) is 5.74. The van der Waals surface area contributed by atoms with Gasteiger partial charge < -0.3 is 15.0 Å². The van der Waals surface area contributed by atoms with Crippen molar-refractivity contribution in [3.8, 4) is 0 Å². The molecule has 0 spiro atoms. The van der Waals surface area contributed by atoms with Crippen LogP contribution in [-0.2, 0) is 19.9 Å². The second-order valence-electron chi connectivity index (χ2n) is 7.58. The number of carbonyl (C=O) groups excluding carboxylic acids is 2. The molecule has 1 aliphatic rings. The van der Waals surface area contributed by atoms with Gasteiger partial charge in [0.1, 0.15) is 0 Å². The topological polar surface area (TPSA) is 71.2 Å². The van der Waals surface area contributed by atoms with Gasteiger partial charge in [-0.25, -0.2) is 4.79 Å². The fraction of sp³-hybridized carbons (Fsp3) is 0.524. The first-order valence-corrected chi connectivity index (χ1v) is 9.82. The lowest BCUT2D eigenvalue weighted by atomic mass is 9.85. The number of alkyl halides is 3. The maximum absolute atomic E-state index is 14.3. The zero-order valence-electron chi connectivity index (χ0n) is 16.3. The van der Waals surface area contributed by atoms with Crippen LogP contribution < -0.4 is 5.32 Å². The van der Waals surface area contributed by atoms with Crippen LogP contribution in [0.5, 0.6) is 0 Å². The van der Waals surface area contributed by atoms with Gasteiger partial charge in [-0.15, -0.1) is 0 Å². The third-order valence-electron chi connectivity index (χ3n) is 5.74. The molecule has 1 amide bonds. The molecule has 8 heteroatoms. The van der Waals surface area contributed by atoms with Gasteiger partial charge in [-0.1, -0.05) is 50.3 Å². The molecule has 158 valence electrons. The number of hydrogen-bond donors (Lipinski definition) is 2. The lowest BCUT2D eigenvalue weighted by Crippen LogP contribution is -2.61. The van der Waals surface area contributed by atoms with Gasteiger partial charge in [0.05, 0.1) is 7.11 Å². The maximum Gasteiger partial charge on any atom is 0.426 e. The number of para-hydroxylation sites is 1. The fourth-order valence-electron chi connectivity index (χ4n) is 4.19. The van der Waals surface area contributed by atoms with E-state index >= 15 is 0 Å². The van der Waals surface area contributed by atoms with Crippen LogP contribution in [0.2, 0.25) is 0 Å². The molecule has 0 radical (unpaired) electrons. The molecule has 29 heavy (non-hydrogen) atoms. The smallest absolute Gasteiger partial charge is 0.426 e. The van der Waals surface area contributed by atoms with Crippen molar-refractivity contribution in [1.29, 1.82) is 0 Å². The van der Waals surface area contributed by atoms with E-state index in [1.54, 1.807) is 18.2 Å². The highest BCUT2D eigenvalue weighted by Gasteiger charge is 2.64. The molecule has 0 bridgehead atoms. The highest BCUT2D eigenvalue weighted by molar-refractivity contribution is 5.96. The zero-order chi connectivity index (χ0) is 21.1. The van der Waals surface area contributed by atoms with E-state index in [9.17, 15) is 22.8 Å². The molecule has 0 unspecified atom stereocenters. The number of methoxy groups -OCH3 is 1. The minimum atomic E-state index is -5.09. The van der Waals surface area contributed by atoms with Gasteiger partial charge in [-0.05, 0) is 18.4 Å². The van der Waals surface area contributed by atoms with Crippen LogP contribution in [0.1, 0.15) is 50.5 Å². The van der Waals surface area contributed by atoms with Gasteiger partial charge in [0.25, 0.3) is 5.54 Å². The molecular formula is C21H25F3N2O3. The number of hydrogen-bond acceptors (Lipinski definition) is 3. The molecule has 5 nitrogen and oxygen atoms in total.